The smallest absolute Gasteiger partial charge is 0.407 e. The molecule has 1 N–H and O–H groups in total. The maximum atomic E-state index is 12.2. The van der Waals surface area contributed by atoms with E-state index in [1.54, 1.807) is 0 Å². The van der Waals surface area contributed by atoms with Crippen LogP contribution in [0.3, 0.4) is 0 Å². The SMILES string of the molecule is CCCCC[C@@H]1C[C@@H]([C@@H](NC(=O)OCc2ccccc2)C(C)C)OC1=O. The predicted octanol–water partition coefficient (Wildman–Crippen LogP) is 4.45. The summed E-state index contributed by atoms with van der Waals surface area (Å²) in [6.07, 6.45) is 4.09. The average Bonchev–Trinajstić information content (AvgIpc) is 2.99. The Hall–Kier alpha value is -2.04. The summed E-state index contributed by atoms with van der Waals surface area (Å²) in [5, 5.41) is 2.90. The summed E-state index contributed by atoms with van der Waals surface area (Å²) in [4.78, 5) is 24.3. The monoisotopic (exact) mass is 361 g/mol. The van der Waals surface area contributed by atoms with E-state index in [1.165, 1.54) is 0 Å². The van der Waals surface area contributed by atoms with Crippen molar-refractivity contribution >= 4 is 12.1 Å². The van der Waals surface area contributed by atoms with Gasteiger partial charge in [-0.2, -0.15) is 0 Å². The van der Waals surface area contributed by atoms with Crippen molar-refractivity contribution in [3.05, 3.63) is 35.9 Å². The van der Waals surface area contributed by atoms with Gasteiger partial charge in [0.25, 0.3) is 0 Å². The van der Waals surface area contributed by atoms with Gasteiger partial charge in [-0.15, -0.1) is 0 Å². The lowest BCUT2D eigenvalue weighted by molar-refractivity contribution is -0.145. The lowest BCUT2D eigenvalue weighted by Crippen LogP contribution is -2.46. The van der Waals surface area contributed by atoms with Crippen molar-refractivity contribution in [1.29, 1.82) is 0 Å². The highest BCUT2D eigenvalue weighted by Crippen LogP contribution is 2.30. The number of carbonyl (C=O) groups excluding carboxylic acids is 2. The normalized spacial score (nSPS) is 20.7. The van der Waals surface area contributed by atoms with Gasteiger partial charge in [-0.1, -0.05) is 70.4 Å². The minimum Gasteiger partial charge on any atom is -0.460 e. The van der Waals surface area contributed by atoms with Gasteiger partial charge in [0.1, 0.15) is 12.7 Å². The molecule has 1 amide bonds. The molecule has 1 saturated heterocycles. The van der Waals surface area contributed by atoms with Crippen molar-refractivity contribution in [3.8, 4) is 0 Å². The van der Waals surface area contributed by atoms with Crippen LogP contribution < -0.4 is 5.32 Å². The van der Waals surface area contributed by atoms with Gasteiger partial charge in [0.15, 0.2) is 0 Å². The van der Waals surface area contributed by atoms with Crippen molar-refractivity contribution < 1.29 is 19.1 Å². The summed E-state index contributed by atoms with van der Waals surface area (Å²) in [6.45, 7) is 6.40. The number of cyclic esters (lactones) is 1. The lowest BCUT2D eigenvalue weighted by Gasteiger charge is -2.26. The third kappa shape index (κ3) is 6.04. The number of unbranched alkanes of at least 4 members (excludes halogenated alkanes) is 2. The third-order valence-electron chi connectivity index (χ3n) is 4.89. The standard InChI is InChI=1S/C21H31NO4/c1-4-5-7-12-17-13-18(26-20(17)23)19(15(2)3)22-21(24)25-14-16-10-8-6-9-11-16/h6,8-11,15,17-19H,4-5,7,12-14H2,1-3H3,(H,22,24)/t17-,18+,19+/m1/s1. The molecule has 1 fully saturated rings. The Morgan fingerprint density at radius 2 is 2.00 bits per heavy atom. The molecule has 0 spiro atoms. The Balaban J connectivity index is 1.86. The molecule has 0 unspecified atom stereocenters. The van der Waals surface area contributed by atoms with E-state index in [4.69, 9.17) is 9.47 Å². The summed E-state index contributed by atoms with van der Waals surface area (Å²) in [5.41, 5.74) is 0.937. The number of rotatable bonds is 9. The third-order valence-corrected chi connectivity index (χ3v) is 4.89. The highest BCUT2D eigenvalue weighted by molar-refractivity contribution is 5.75. The van der Waals surface area contributed by atoms with Gasteiger partial charge in [0.05, 0.1) is 12.0 Å². The van der Waals surface area contributed by atoms with Gasteiger partial charge >= 0.3 is 12.1 Å². The zero-order valence-corrected chi connectivity index (χ0v) is 16.1. The van der Waals surface area contributed by atoms with Crippen molar-refractivity contribution in [2.45, 2.75) is 71.6 Å². The van der Waals surface area contributed by atoms with E-state index in [0.29, 0.717) is 6.42 Å². The quantitative estimate of drug-likeness (QED) is 0.521. The number of amides is 1. The van der Waals surface area contributed by atoms with Gasteiger partial charge in [-0.3, -0.25) is 4.79 Å². The first-order chi connectivity index (χ1) is 12.5. The second kappa shape index (κ2) is 10.2. The van der Waals surface area contributed by atoms with Crippen LogP contribution in [0.15, 0.2) is 30.3 Å². The molecule has 0 aliphatic carbocycles. The number of alkyl carbamates (subject to hydrolysis) is 1. The average molecular weight is 361 g/mol. The van der Waals surface area contributed by atoms with Gasteiger partial charge in [0.2, 0.25) is 0 Å². The molecule has 3 atom stereocenters. The van der Waals surface area contributed by atoms with E-state index >= 15 is 0 Å². The van der Waals surface area contributed by atoms with E-state index in [1.807, 2.05) is 44.2 Å². The maximum Gasteiger partial charge on any atom is 0.407 e. The highest BCUT2D eigenvalue weighted by Gasteiger charge is 2.40. The van der Waals surface area contributed by atoms with Crippen molar-refractivity contribution in [3.63, 3.8) is 0 Å². The van der Waals surface area contributed by atoms with E-state index in [0.717, 1.165) is 31.2 Å². The number of hydrogen-bond donors (Lipinski definition) is 1. The van der Waals surface area contributed by atoms with E-state index < -0.39 is 6.09 Å². The van der Waals surface area contributed by atoms with E-state index in [9.17, 15) is 9.59 Å². The number of ether oxygens (including phenoxy) is 2. The molecule has 1 aromatic rings. The summed E-state index contributed by atoms with van der Waals surface area (Å²) in [7, 11) is 0. The number of carbonyl (C=O) groups is 2. The van der Waals surface area contributed by atoms with Crippen LogP contribution in [-0.4, -0.2) is 24.2 Å². The molecule has 5 heteroatoms. The first-order valence-electron chi connectivity index (χ1n) is 9.69. The minimum absolute atomic E-state index is 0.0464. The molecule has 1 aliphatic heterocycles. The number of hydrogen-bond acceptors (Lipinski definition) is 4. The molecule has 2 rings (SSSR count). The predicted molar refractivity (Wildman–Crippen MR) is 101 cm³/mol. The van der Waals surface area contributed by atoms with Gasteiger partial charge in [-0.25, -0.2) is 4.79 Å². The molecule has 26 heavy (non-hydrogen) atoms. The zero-order valence-electron chi connectivity index (χ0n) is 16.1. The van der Waals surface area contributed by atoms with E-state index in [2.05, 4.69) is 12.2 Å². The van der Waals surface area contributed by atoms with Crippen molar-refractivity contribution in [1.82, 2.24) is 5.32 Å². The summed E-state index contributed by atoms with van der Waals surface area (Å²) < 4.78 is 10.9. The summed E-state index contributed by atoms with van der Waals surface area (Å²) >= 11 is 0. The zero-order chi connectivity index (χ0) is 18.9. The molecular weight excluding hydrogens is 330 g/mol. The fourth-order valence-electron chi connectivity index (χ4n) is 3.36. The molecule has 5 nitrogen and oxygen atoms in total. The fourth-order valence-corrected chi connectivity index (χ4v) is 3.36. The van der Waals surface area contributed by atoms with Crippen LogP contribution in [0.5, 0.6) is 0 Å². The first-order valence-corrected chi connectivity index (χ1v) is 9.69. The van der Waals surface area contributed by atoms with Gasteiger partial charge in [-0.05, 0) is 24.3 Å². The molecule has 0 bridgehead atoms. The first kappa shape index (κ1) is 20.3. The van der Waals surface area contributed by atoms with Crippen LogP contribution in [0, 0.1) is 11.8 Å². The Bertz CT molecular complexity index is 573. The summed E-state index contributed by atoms with van der Waals surface area (Å²) in [6, 6.07) is 9.32. The van der Waals surface area contributed by atoms with Crippen LogP contribution in [0.2, 0.25) is 0 Å². The molecule has 1 aromatic carbocycles. The van der Waals surface area contributed by atoms with Crippen LogP contribution in [0.1, 0.15) is 58.4 Å². The molecule has 0 saturated carbocycles. The number of esters is 1. The van der Waals surface area contributed by atoms with Crippen LogP contribution >= 0.6 is 0 Å². The number of benzene rings is 1. The number of nitrogens with one attached hydrogen (secondary N) is 1. The summed E-state index contributed by atoms with van der Waals surface area (Å²) in [5.74, 6) is -0.0300. The molecule has 1 aliphatic rings. The molecule has 144 valence electrons. The van der Waals surface area contributed by atoms with Crippen LogP contribution in [0.4, 0.5) is 4.79 Å². The second-order valence-corrected chi connectivity index (χ2v) is 7.38. The lowest BCUT2D eigenvalue weighted by atomic mass is 9.91. The molecular formula is C21H31NO4. The Morgan fingerprint density at radius 3 is 2.65 bits per heavy atom. The topological polar surface area (TPSA) is 64.6 Å². The van der Waals surface area contributed by atoms with Gasteiger partial charge < -0.3 is 14.8 Å². The molecule has 0 aromatic heterocycles. The second-order valence-electron chi connectivity index (χ2n) is 7.38. The maximum absolute atomic E-state index is 12.2. The van der Waals surface area contributed by atoms with Crippen molar-refractivity contribution in [2.24, 2.45) is 11.8 Å². The van der Waals surface area contributed by atoms with Crippen LogP contribution in [-0.2, 0) is 20.9 Å². The van der Waals surface area contributed by atoms with Crippen molar-refractivity contribution in [2.75, 3.05) is 0 Å². The Labute approximate surface area is 156 Å². The van der Waals surface area contributed by atoms with E-state index in [-0.39, 0.29) is 36.6 Å². The largest absolute Gasteiger partial charge is 0.460 e. The molecule has 0 radical (unpaired) electrons. The Morgan fingerprint density at radius 1 is 1.27 bits per heavy atom. The fraction of sp³-hybridized carbons (Fsp3) is 0.619. The highest BCUT2D eigenvalue weighted by atomic mass is 16.6. The van der Waals surface area contributed by atoms with Gasteiger partial charge in [0, 0.05) is 0 Å². The minimum atomic E-state index is -0.474. The molecule has 1 heterocycles. The van der Waals surface area contributed by atoms with Crippen LogP contribution in [0.25, 0.3) is 0 Å². The Kier molecular flexibility index (Phi) is 7.95.